The molecule has 27 heavy (non-hydrogen) atoms. The Morgan fingerprint density at radius 2 is 1.67 bits per heavy atom. The molecule has 0 aliphatic carbocycles. The molecule has 6 nitrogen and oxygen atoms in total. The molecule has 0 bridgehead atoms. The second-order valence-electron chi connectivity index (χ2n) is 7.36. The molecule has 1 fully saturated rings. The molecule has 0 unspecified atom stereocenters. The van der Waals surface area contributed by atoms with Crippen molar-refractivity contribution >= 4 is 11.5 Å². The van der Waals surface area contributed by atoms with Crippen molar-refractivity contribution in [2.24, 2.45) is 0 Å². The molecular formula is C21H26N6. The number of hydrogen-bond acceptors (Lipinski definition) is 5. The van der Waals surface area contributed by atoms with E-state index in [4.69, 9.17) is 0 Å². The van der Waals surface area contributed by atoms with Crippen LogP contribution in [0, 0.1) is 20.8 Å². The third-order valence-corrected chi connectivity index (χ3v) is 5.07. The van der Waals surface area contributed by atoms with Gasteiger partial charge in [-0.25, -0.2) is 4.68 Å². The number of nitrogens with one attached hydrogen (secondary N) is 1. The highest BCUT2D eigenvalue weighted by atomic mass is 15.4. The standard InChI is InChI=1S/C21H26N6/c1-15-5-4-6-19(13-15)22-18-9-11-26(12-10-18)20-7-8-21(24-23-20)27-17(3)14-16(2)25-27/h4-8,13-14,18,22H,9-12H2,1-3H3. The third kappa shape index (κ3) is 3.94. The average Bonchev–Trinajstić information content (AvgIpc) is 3.01. The lowest BCUT2D eigenvalue weighted by atomic mass is 10.0. The van der Waals surface area contributed by atoms with Crippen molar-refractivity contribution in [1.29, 1.82) is 0 Å². The van der Waals surface area contributed by atoms with Crippen LogP contribution in [0.2, 0.25) is 0 Å². The topological polar surface area (TPSA) is 58.9 Å². The molecule has 0 atom stereocenters. The van der Waals surface area contributed by atoms with Gasteiger partial charge in [0.2, 0.25) is 0 Å². The van der Waals surface area contributed by atoms with Gasteiger partial charge in [-0.3, -0.25) is 0 Å². The summed E-state index contributed by atoms with van der Waals surface area (Å²) in [7, 11) is 0. The van der Waals surface area contributed by atoms with Crippen LogP contribution in [-0.2, 0) is 0 Å². The summed E-state index contributed by atoms with van der Waals surface area (Å²) < 4.78 is 1.84. The van der Waals surface area contributed by atoms with Crippen LogP contribution in [0.4, 0.5) is 11.5 Å². The Kier molecular flexibility index (Phi) is 4.79. The number of rotatable bonds is 4. The Morgan fingerprint density at radius 1 is 0.926 bits per heavy atom. The smallest absolute Gasteiger partial charge is 0.176 e. The first kappa shape index (κ1) is 17.5. The molecule has 1 saturated heterocycles. The second-order valence-corrected chi connectivity index (χ2v) is 7.36. The first-order valence-corrected chi connectivity index (χ1v) is 9.54. The van der Waals surface area contributed by atoms with Crippen molar-refractivity contribution in [3.8, 4) is 5.82 Å². The molecule has 1 aliphatic rings. The van der Waals surface area contributed by atoms with Gasteiger partial charge < -0.3 is 10.2 Å². The molecule has 2 aromatic heterocycles. The molecule has 0 amide bonds. The van der Waals surface area contributed by atoms with Crippen LogP contribution in [0.25, 0.3) is 5.82 Å². The van der Waals surface area contributed by atoms with Crippen molar-refractivity contribution in [1.82, 2.24) is 20.0 Å². The fraction of sp³-hybridized carbons (Fsp3) is 0.381. The lowest BCUT2D eigenvalue weighted by Crippen LogP contribution is -2.39. The first-order chi connectivity index (χ1) is 13.1. The van der Waals surface area contributed by atoms with Crippen molar-refractivity contribution in [3.05, 3.63) is 59.4 Å². The van der Waals surface area contributed by atoms with E-state index in [9.17, 15) is 0 Å². The van der Waals surface area contributed by atoms with Crippen LogP contribution >= 0.6 is 0 Å². The van der Waals surface area contributed by atoms with Gasteiger partial charge in [-0.05, 0) is 69.5 Å². The third-order valence-electron chi connectivity index (χ3n) is 5.07. The minimum Gasteiger partial charge on any atom is -0.382 e. The Labute approximate surface area is 160 Å². The zero-order valence-electron chi connectivity index (χ0n) is 16.2. The van der Waals surface area contributed by atoms with Crippen LogP contribution in [0.15, 0.2) is 42.5 Å². The summed E-state index contributed by atoms with van der Waals surface area (Å²) in [6, 6.07) is 15.2. The van der Waals surface area contributed by atoms with Gasteiger partial charge in [0, 0.05) is 30.5 Å². The summed E-state index contributed by atoms with van der Waals surface area (Å²) in [5.74, 6) is 1.70. The van der Waals surface area contributed by atoms with Crippen molar-refractivity contribution in [3.63, 3.8) is 0 Å². The molecule has 3 heterocycles. The summed E-state index contributed by atoms with van der Waals surface area (Å²) in [6.45, 7) is 8.11. The monoisotopic (exact) mass is 362 g/mol. The molecule has 6 heteroatoms. The van der Waals surface area contributed by atoms with Gasteiger partial charge in [0.1, 0.15) is 0 Å². The SMILES string of the molecule is Cc1cccc(NC2CCN(c3ccc(-n4nc(C)cc4C)nn3)CC2)c1. The van der Waals surface area contributed by atoms with Crippen molar-refractivity contribution in [2.45, 2.75) is 39.7 Å². The van der Waals surface area contributed by atoms with Gasteiger partial charge in [-0.2, -0.15) is 5.10 Å². The molecule has 0 radical (unpaired) electrons. The summed E-state index contributed by atoms with van der Waals surface area (Å²) in [4.78, 5) is 2.31. The average molecular weight is 362 g/mol. The Bertz CT molecular complexity index is 907. The van der Waals surface area contributed by atoms with Crippen molar-refractivity contribution in [2.75, 3.05) is 23.3 Å². The van der Waals surface area contributed by atoms with E-state index in [-0.39, 0.29) is 0 Å². The Morgan fingerprint density at radius 3 is 2.30 bits per heavy atom. The van der Waals surface area contributed by atoms with E-state index in [1.165, 1.54) is 11.3 Å². The predicted molar refractivity (Wildman–Crippen MR) is 109 cm³/mol. The summed E-state index contributed by atoms with van der Waals surface area (Å²) >= 11 is 0. The summed E-state index contributed by atoms with van der Waals surface area (Å²) in [5.41, 5.74) is 4.55. The lowest BCUT2D eigenvalue weighted by Gasteiger charge is -2.33. The first-order valence-electron chi connectivity index (χ1n) is 9.54. The number of nitrogens with zero attached hydrogens (tertiary/aromatic N) is 5. The zero-order chi connectivity index (χ0) is 18.8. The number of anilines is 2. The van der Waals surface area contributed by atoms with Gasteiger partial charge >= 0.3 is 0 Å². The van der Waals surface area contributed by atoms with Gasteiger partial charge in [-0.15, -0.1) is 10.2 Å². The fourth-order valence-electron chi connectivity index (χ4n) is 3.68. The second kappa shape index (κ2) is 7.39. The maximum Gasteiger partial charge on any atom is 0.176 e. The molecule has 1 aliphatic heterocycles. The van der Waals surface area contributed by atoms with Crippen LogP contribution in [0.5, 0.6) is 0 Å². The largest absolute Gasteiger partial charge is 0.382 e. The quantitative estimate of drug-likeness (QED) is 0.767. The number of aromatic nitrogens is 4. The highest BCUT2D eigenvalue weighted by molar-refractivity contribution is 5.47. The van der Waals surface area contributed by atoms with Gasteiger partial charge in [0.05, 0.1) is 5.69 Å². The number of hydrogen-bond donors (Lipinski definition) is 1. The van der Waals surface area contributed by atoms with Crippen LogP contribution in [-0.4, -0.2) is 39.1 Å². The summed E-state index contributed by atoms with van der Waals surface area (Å²) in [6.07, 6.45) is 2.18. The number of aryl methyl sites for hydroxylation is 3. The molecule has 140 valence electrons. The zero-order valence-corrected chi connectivity index (χ0v) is 16.2. The molecule has 1 aromatic carbocycles. The molecule has 4 rings (SSSR count). The van der Waals surface area contributed by atoms with E-state index >= 15 is 0 Å². The number of piperidine rings is 1. The van der Waals surface area contributed by atoms with Gasteiger partial charge in [0.15, 0.2) is 11.6 Å². The van der Waals surface area contributed by atoms with Gasteiger partial charge in [-0.1, -0.05) is 12.1 Å². The molecule has 3 aromatic rings. The van der Waals surface area contributed by atoms with Crippen LogP contribution in [0.1, 0.15) is 29.8 Å². The predicted octanol–water partition coefficient (Wildman–Crippen LogP) is 3.67. The highest BCUT2D eigenvalue weighted by Gasteiger charge is 2.20. The van der Waals surface area contributed by atoms with E-state index in [0.29, 0.717) is 6.04 Å². The van der Waals surface area contributed by atoms with E-state index in [1.807, 2.05) is 36.7 Å². The van der Waals surface area contributed by atoms with E-state index in [2.05, 4.69) is 56.7 Å². The molecular weight excluding hydrogens is 336 g/mol. The van der Waals surface area contributed by atoms with E-state index < -0.39 is 0 Å². The van der Waals surface area contributed by atoms with Crippen LogP contribution < -0.4 is 10.2 Å². The van der Waals surface area contributed by atoms with E-state index in [0.717, 1.165) is 49.0 Å². The van der Waals surface area contributed by atoms with E-state index in [1.54, 1.807) is 0 Å². The maximum absolute atomic E-state index is 4.47. The Hall–Kier alpha value is -2.89. The fourth-order valence-corrected chi connectivity index (χ4v) is 3.68. The molecule has 0 saturated carbocycles. The maximum atomic E-state index is 4.47. The van der Waals surface area contributed by atoms with Crippen molar-refractivity contribution < 1.29 is 0 Å². The number of benzene rings is 1. The van der Waals surface area contributed by atoms with Crippen LogP contribution in [0.3, 0.4) is 0 Å². The van der Waals surface area contributed by atoms with Gasteiger partial charge in [0.25, 0.3) is 0 Å². The lowest BCUT2D eigenvalue weighted by molar-refractivity contribution is 0.522. The molecule has 0 spiro atoms. The minimum atomic E-state index is 0.505. The highest BCUT2D eigenvalue weighted by Crippen LogP contribution is 2.21. The normalized spacial score (nSPS) is 15.1. The minimum absolute atomic E-state index is 0.505. The molecule has 1 N–H and O–H groups in total. The Balaban J connectivity index is 1.37. The summed E-state index contributed by atoms with van der Waals surface area (Å²) in [5, 5.41) is 17.0.